The Morgan fingerprint density at radius 2 is 1.16 bits per heavy atom. The summed E-state index contributed by atoms with van der Waals surface area (Å²) in [6, 6.07) is 0. The average molecular weight is 442 g/mol. The van der Waals surface area contributed by atoms with Gasteiger partial charge in [0.25, 0.3) is 0 Å². The van der Waals surface area contributed by atoms with Crippen LogP contribution in [0.3, 0.4) is 0 Å². The molecular formula is C26H51NO4. The lowest BCUT2D eigenvalue weighted by molar-refractivity contribution is -0.873. The second kappa shape index (κ2) is 18.5. The molecule has 0 saturated carbocycles. The van der Waals surface area contributed by atoms with Crippen LogP contribution in [0, 0.1) is 5.92 Å². The second-order valence-corrected chi connectivity index (χ2v) is 10.7. The van der Waals surface area contributed by atoms with Crippen LogP contribution in [0.25, 0.3) is 0 Å². The Hall–Kier alpha value is -1.10. The van der Waals surface area contributed by atoms with E-state index >= 15 is 0 Å². The molecule has 0 aromatic rings. The van der Waals surface area contributed by atoms with Gasteiger partial charge in [0.15, 0.2) is 6.10 Å². The molecule has 0 aliphatic heterocycles. The van der Waals surface area contributed by atoms with Crippen molar-refractivity contribution in [3.8, 4) is 0 Å². The van der Waals surface area contributed by atoms with Crippen molar-refractivity contribution in [2.24, 2.45) is 5.92 Å². The lowest BCUT2D eigenvalue weighted by atomic mass is 10.0. The molecule has 0 unspecified atom stereocenters. The summed E-state index contributed by atoms with van der Waals surface area (Å²) < 4.78 is 5.93. The average Bonchev–Trinajstić information content (AvgIpc) is 2.62. The van der Waals surface area contributed by atoms with Gasteiger partial charge in [-0.25, -0.2) is 0 Å². The summed E-state index contributed by atoms with van der Waals surface area (Å²) in [6.07, 6.45) is 17.5. The number of carboxylic acid groups (broad SMARTS) is 1. The highest BCUT2D eigenvalue weighted by Gasteiger charge is 2.22. The van der Waals surface area contributed by atoms with E-state index in [4.69, 9.17) is 4.74 Å². The molecule has 0 amide bonds. The Labute approximate surface area is 192 Å². The monoisotopic (exact) mass is 441 g/mol. The van der Waals surface area contributed by atoms with E-state index in [1.807, 2.05) is 21.1 Å². The Bertz CT molecular complexity index is 457. The van der Waals surface area contributed by atoms with E-state index < -0.39 is 12.1 Å². The maximum Gasteiger partial charge on any atom is 0.306 e. The molecule has 0 aromatic heterocycles. The summed E-state index contributed by atoms with van der Waals surface area (Å²) in [4.78, 5) is 22.9. The summed E-state index contributed by atoms with van der Waals surface area (Å²) in [6.45, 7) is 5.08. The predicted octanol–water partition coefficient (Wildman–Crippen LogP) is 5.25. The van der Waals surface area contributed by atoms with Gasteiger partial charge in [-0.1, -0.05) is 97.3 Å². The van der Waals surface area contributed by atoms with Crippen molar-refractivity contribution in [2.45, 2.75) is 123 Å². The summed E-state index contributed by atoms with van der Waals surface area (Å²) in [7, 11) is 5.85. The van der Waals surface area contributed by atoms with Crippen molar-refractivity contribution in [1.82, 2.24) is 0 Å². The molecule has 184 valence electrons. The number of ether oxygens (including phenoxy) is 1. The molecule has 1 atom stereocenters. The normalized spacial score (nSPS) is 12.8. The van der Waals surface area contributed by atoms with E-state index in [-0.39, 0.29) is 12.4 Å². The van der Waals surface area contributed by atoms with Crippen LogP contribution in [0.2, 0.25) is 0 Å². The topological polar surface area (TPSA) is 66.4 Å². The number of esters is 1. The lowest BCUT2D eigenvalue weighted by Crippen LogP contribution is -2.45. The molecule has 0 aliphatic rings. The van der Waals surface area contributed by atoms with Crippen molar-refractivity contribution in [3.63, 3.8) is 0 Å². The number of hydrogen-bond donors (Lipinski definition) is 0. The molecule has 0 bridgehead atoms. The first kappa shape index (κ1) is 29.9. The van der Waals surface area contributed by atoms with Gasteiger partial charge < -0.3 is 19.1 Å². The second-order valence-electron chi connectivity index (χ2n) is 10.7. The number of carbonyl (C=O) groups is 2. The number of hydrogen-bond acceptors (Lipinski definition) is 4. The first-order chi connectivity index (χ1) is 14.6. The largest absolute Gasteiger partial charge is 0.550 e. The molecule has 31 heavy (non-hydrogen) atoms. The van der Waals surface area contributed by atoms with E-state index in [0.717, 1.165) is 25.2 Å². The standard InChI is InChI=1S/C26H51NO4/c1-23(2)19-17-15-13-11-9-7-6-8-10-12-14-16-18-20-26(30)31-24(21-25(28)29)22-27(3,4)5/h23-24H,6-22H2,1-5H3/t24-/m1/s1. The number of nitrogens with zero attached hydrogens (tertiary/aromatic N) is 1. The number of carboxylic acids is 1. The van der Waals surface area contributed by atoms with Crippen LogP contribution in [-0.4, -0.2) is 50.2 Å². The Morgan fingerprint density at radius 3 is 1.55 bits per heavy atom. The van der Waals surface area contributed by atoms with E-state index in [1.54, 1.807) is 0 Å². The lowest BCUT2D eigenvalue weighted by Gasteiger charge is -2.29. The van der Waals surface area contributed by atoms with E-state index in [0.29, 0.717) is 17.4 Å². The number of quaternary nitrogens is 1. The van der Waals surface area contributed by atoms with Gasteiger partial charge >= 0.3 is 5.97 Å². The third-order valence-electron chi connectivity index (χ3n) is 5.61. The van der Waals surface area contributed by atoms with Gasteiger partial charge in [0, 0.05) is 18.8 Å². The molecule has 0 aromatic carbocycles. The quantitative estimate of drug-likeness (QED) is 0.139. The molecule has 5 nitrogen and oxygen atoms in total. The van der Waals surface area contributed by atoms with Gasteiger partial charge in [-0.2, -0.15) is 0 Å². The summed E-state index contributed by atoms with van der Waals surface area (Å²) in [5, 5.41) is 10.9. The molecule has 0 N–H and O–H groups in total. The van der Waals surface area contributed by atoms with Crippen LogP contribution in [0.1, 0.15) is 117 Å². The fraction of sp³-hybridized carbons (Fsp3) is 0.923. The zero-order valence-electron chi connectivity index (χ0n) is 21.3. The van der Waals surface area contributed by atoms with Crippen LogP contribution in [0.15, 0.2) is 0 Å². The summed E-state index contributed by atoms with van der Waals surface area (Å²) in [5.74, 6) is -0.614. The minimum Gasteiger partial charge on any atom is -0.550 e. The molecule has 5 heteroatoms. The van der Waals surface area contributed by atoms with Gasteiger partial charge in [0.2, 0.25) is 0 Å². The van der Waals surface area contributed by atoms with E-state index in [2.05, 4.69) is 13.8 Å². The minimum atomic E-state index is -1.17. The van der Waals surface area contributed by atoms with E-state index in [9.17, 15) is 14.7 Å². The molecule has 0 radical (unpaired) electrons. The first-order valence-electron chi connectivity index (χ1n) is 12.8. The zero-order chi connectivity index (χ0) is 23.5. The van der Waals surface area contributed by atoms with Crippen LogP contribution in [0.4, 0.5) is 0 Å². The molecule has 0 aliphatic carbocycles. The predicted molar refractivity (Wildman–Crippen MR) is 126 cm³/mol. The van der Waals surface area contributed by atoms with Crippen LogP contribution < -0.4 is 5.11 Å². The fourth-order valence-corrected chi connectivity index (χ4v) is 3.95. The number of likely N-dealkylation sites (N-methyl/N-ethyl adjacent to an activating group) is 1. The maximum absolute atomic E-state index is 12.0. The van der Waals surface area contributed by atoms with Gasteiger partial charge in [-0.3, -0.25) is 4.79 Å². The number of unbranched alkanes of at least 4 members (excludes halogenated alkanes) is 12. The van der Waals surface area contributed by atoms with Crippen LogP contribution in [0.5, 0.6) is 0 Å². The Morgan fingerprint density at radius 1 is 0.742 bits per heavy atom. The van der Waals surface area contributed by atoms with Gasteiger partial charge in [0.05, 0.1) is 21.1 Å². The number of aliphatic carboxylic acids is 1. The Balaban J connectivity index is 3.55. The number of carbonyl (C=O) groups excluding carboxylic acids is 2. The van der Waals surface area contributed by atoms with Gasteiger partial charge in [-0.15, -0.1) is 0 Å². The van der Waals surface area contributed by atoms with Crippen molar-refractivity contribution in [3.05, 3.63) is 0 Å². The van der Waals surface area contributed by atoms with E-state index in [1.165, 1.54) is 70.6 Å². The highest BCUT2D eigenvalue weighted by molar-refractivity contribution is 5.70. The summed E-state index contributed by atoms with van der Waals surface area (Å²) >= 11 is 0. The molecule has 0 rings (SSSR count). The van der Waals surface area contributed by atoms with Crippen molar-refractivity contribution in [2.75, 3.05) is 27.7 Å². The Kier molecular flexibility index (Phi) is 17.8. The fourth-order valence-electron chi connectivity index (χ4n) is 3.95. The highest BCUT2D eigenvalue weighted by atomic mass is 16.5. The third-order valence-corrected chi connectivity index (χ3v) is 5.61. The number of rotatable bonds is 21. The molecule has 0 fully saturated rings. The first-order valence-corrected chi connectivity index (χ1v) is 12.8. The van der Waals surface area contributed by atoms with Gasteiger partial charge in [-0.05, 0) is 12.3 Å². The highest BCUT2D eigenvalue weighted by Crippen LogP contribution is 2.15. The van der Waals surface area contributed by atoms with Crippen LogP contribution in [-0.2, 0) is 14.3 Å². The van der Waals surface area contributed by atoms with Gasteiger partial charge in [0.1, 0.15) is 6.54 Å². The van der Waals surface area contributed by atoms with Crippen molar-refractivity contribution >= 4 is 11.9 Å². The van der Waals surface area contributed by atoms with Crippen LogP contribution >= 0.6 is 0 Å². The maximum atomic E-state index is 12.0. The third kappa shape index (κ3) is 23.4. The van der Waals surface area contributed by atoms with Crippen molar-refractivity contribution in [1.29, 1.82) is 0 Å². The molecular weight excluding hydrogens is 390 g/mol. The SMILES string of the molecule is CC(C)CCCCCCCCCCCCCCCC(=O)O[C@H](CC(=O)[O-])C[N+](C)(C)C. The summed E-state index contributed by atoms with van der Waals surface area (Å²) in [5.41, 5.74) is 0. The zero-order valence-corrected chi connectivity index (χ0v) is 21.3. The molecule has 0 heterocycles. The minimum absolute atomic E-state index is 0.237. The molecule has 0 spiro atoms. The molecule has 0 saturated heterocycles. The smallest absolute Gasteiger partial charge is 0.306 e. The van der Waals surface area contributed by atoms with Crippen molar-refractivity contribution < 1.29 is 23.9 Å².